The van der Waals surface area contributed by atoms with Crippen molar-refractivity contribution in [3.63, 3.8) is 0 Å². The fraction of sp³-hybridized carbons (Fsp3) is 0.222. The van der Waals surface area contributed by atoms with Crippen molar-refractivity contribution in [2.24, 2.45) is 0 Å². The lowest BCUT2D eigenvalue weighted by Crippen LogP contribution is -2.27. The molecule has 0 aliphatic rings. The lowest BCUT2D eigenvalue weighted by atomic mass is 10.2. The minimum Gasteiger partial charge on any atom is -0.369 e. The van der Waals surface area contributed by atoms with E-state index in [2.05, 4.69) is 26.5 Å². The number of hydrogen-bond acceptors (Lipinski definition) is 8. The SMILES string of the molecule is CON(C)C(=O)c1cnc(-n2ncc3cc(C#N)cnc32)cc1NC(C)C#N. The number of carbonyl (C=O) groups excluding carboxylic acids is 1. The zero-order valence-corrected chi connectivity index (χ0v) is 15.4. The maximum atomic E-state index is 12.5. The van der Waals surface area contributed by atoms with E-state index in [0.29, 0.717) is 28.1 Å². The predicted molar refractivity (Wildman–Crippen MR) is 99.2 cm³/mol. The van der Waals surface area contributed by atoms with Crippen molar-refractivity contribution in [1.29, 1.82) is 10.5 Å². The first-order chi connectivity index (χ1) is 13.5. The van der Waals surface area contributed by atoms with Gasteiger partial charge in [-0.3, -0.25) is 9.63 Å². The monoisotopic (exact) mass is 376 g/mol. The van der Waals surface area contributed by atoms with Gasteiger partial charge in [-0.25, -0.2) is 15.0 Å². The van der Waals surface area contributed by atoms with E-state index in [0.717, 1.165) is 5.06 Å². The van der Waals surface area contributed by atoms with Gasteiger partial charge in [-0.1, -0.05) is 0 Å². The third-order valence-corrected chi connectivity index (χ3v) is 4.00. The fourth-order valence-electron chi connectivity index (χ4n) is 2.52. The van der Waals surface area contributed by atoms with E-state index in [1.54, 1.807) is 25.3 Å². The van der Waals surface area contributed by atoms with Gasteiger partial charge in [0.1, 0.15) is 12.1 Å². The standard InChI is InChI=1S/C18H16N8O2/c1-11(6-19)24-15-5-16(21-10-14(15)18(27)25(2)28-3)26-17-13(9-23-26)4-12(7-20)8-22-17/h4-5,8-11H,1-3H3,(H,21,24). The molecule has 0 saturated heterocycles. The average molecular weight is 376 g/mol. The predicted octanol–water partition coefficient (Wildman–Crippen LogP) is 1.64. The summed E-state index contributed by atoms with van der Waals surface area (Å²) in [5.41, 5.74) is 1.59. The highest BCUT2D eigenvalue weighted by atomic mass is 16.7. The fourth-order valence-corrected chi connectivity index (χ4v) is 2.52. The molecule has 1 amide bonds. The summed E-state index contributed by atoms with van der Waals surface area (Å²) in [4.78, 5) is 26.0. The van der Waals surface area contributed by atoms with Crippen LogP contribution in [-0.4, -0.2) is 50.9 Å². The van der Waals surface area contributed by atoms with E-state index in [1.165, 1.54) is 31.2 Å². The van der Waals surface area contributed by atoms with Gasteiger partial charge in [0, 0.05) is 30.9 Å². The third kappa shape index (κ3) is 3.45. The first kappa shape index (κ1) is 18.8. The Hall–Kier alpha value is -4.02. The molecule has 3 rings (SSSR count). The van der Waals surface area contributed by atoms with Gasteiger partial charge in [0.05, 0.1) is 36.2 Å². The molecular formula is C18H16N8O2. The van der Waals surface area contributed by atoms with E-state index in [-0.39, 0.29) is 5.56 Å². The van der Waals surface area contributed by atoms with Gasteiger partial charge in [0.25, 0.3) is 5.91 Å². The molecule has 0 radical (unpaired) electrons. The van der Waals surface area contributed by atoms with E-state index in [9.17, 15) is 4.79 Å². The van der Waals surface area contributed by atoms with Crippen LogP contribution in [-0.2, 0) is 4.84 Å². The van der Waals surface area contributed by atoms with E-state index >= 15 is 0 Å². The van der Waals surface area contributed by atoms with Gasteiger partial charge in [0.15, 0.2) is 11.5 Å². The number of amides is 1. The number of hydrogen-bond donors (Lipinski definition) is 1. The molecule has 28 heavy (non-hydrogen) atoms. The molecule has 1 N–H and O–H groups in total. The number of hydroxylamine groups is 2. The quantitative estimate of drug-likeness (QED) is 0.665. The molecule has 0 saturated carbocycles. The Morgan fingerprint density at radius 3 is 2.75 bits per heavy atom. The van der Waals surface area contributed by atoms with Crippen molar-refractivity contribution < 1.29 is 9.63 Å². The molecular weight excluding hydrogens is 360 g/mol. The summed E-state index contributed by atoms with van der Waals surface area (Å²) in [6.45, 7) is 1.67. The lowest BCUT2D eigenvalue weighted by molar-refractivity contribution is -0.0756. The number of carbonyl (C=O) groups is 1. The highest BCUT2D eigenvalue weighted by Crippen LogP contribution is 2.23. The summed E-state index contributed by atoms with van der Waals surface area (Å²) >= 11 is 0. The van der Waals surface area contributed by atoms with Gasteiger partial charge in [-0.2, -0.15) is 20.3 Å². The number of rotatable bonds is 5. The number of nitriles is 2. The Bertz CT molecular complexity index is 1120. The highest BCUT2D eigenvalue weighted by Gasteiger charge is 2.20. The van der Waals surface area contributed by atoms with Crippen molar-refractivity contribution in [2.45, 2.75) is 13.0 Å². The molecule has 0 fully saturated rings. The van der Waals surface area contributed by atoms with Gasteiger partial charge < -0.3 is 5.32 Å². The number of nitrogens with zero attached hydrogens (tertiary/aromatic N) is 7. The molecule has 0 spiro atoms. The molecule has 1 atom stereocenters. The van der Waals surface area contributed by atoms with E-state index < -0.39 is 11.9 Å². The van der Waals surface area contributed by atoms with Crippen LogP contribution in [0.25, 0.3) is 16.9 Å². The van der Waals surface area contributed by atoms with E-state index in [1.807, 2.05) is 6.07 Å². The summed E-state index contributed by atoms with van der Waals surface area (Å²) in [6.07, 6.45) is 4.41. The van der Waals surface area contributed by atoms with Gasteiger partial charge in [-0.15, -0.1) is 0 Å². The van der Waals surface area contributed by atoms with Crippen LogP contribution in [0.15, 0.2) is 30.7 Å². The Balaban J connectivity index is 2.10. The molecule has 0 bridgehead atoms. The molecule has 3 aromatic rings. The molecule has 10 nitrogen and oxygen atoms in total. The van der Waals surface area contributed by atoms with Crippen molar-refractivity contribution >= 4 is 22.6 Å². The molecule has 0 aliphatic carbocycles. The smallest absolute Gasteiger partial charge is 0.280 e. The maximum Gasteiger partial charge on any atom is 0.280 e. The highest BCUT2D eigenvalue weighted by molar-refractivity contribution is 5.99. The minimum absolute atomic E-state index is 0.242. The largest absolute Gasteiger partial charge is 0.369 e. The average Bonchev–Trinajstić information content (AvgIpc) is 3.15. The normalized spacial score (nSPS) is 11.5. The Morgan fingerprint density at radius 1 is 1.29 bits per heavy atom. The zero-order valence-electron chi connectivity index (χ0n) is 15.4. The number of aromatic nitrogens is 4. The van der Waals surface area contributed by atoms with Crippen LogP contribution in [0.2, 0.25) is 0 Å². The second-order valence-corrected chi connectivity index (χ2v) is 5.87. The number of anilines is 1. The molecule has 0 aliphatic heterocycles. The van der Waals surface area contributed by atoms with Crippen LogP contribution in [0, 0.1) is 22.7 Å². The summed E-state index contributed by atoms with van der Waals surface area (Å²) in [6, 6.07) is 6.84. The molecule has 0 aromatic carbocycles. The maximum absolute atomic E-state index is 12.5. The molecule has 10 heteroatoms. The summed E-state index contributed by atoms with van der Waals surface area (Å²) in [7, 11) is 2.85. The van der Waals surface area contributed by atoms with Crippen LogP contribution >= 0.6 is 0 Å². The van der Waals surface area contributed by atoms with Crippen LogP contribution in [0.5, 0.6) is 0 Å². The van der Waals surface area contributed by atoms with Crippen LogP contribution < -0.4 is 5.32 Å². The van der Waals surface area contributed by atoms with Crippen molar-refractivity contribution in [1.82, 2.24) is 24.8 Å². The minimum atomic E-state index is -0.541. The Kier molecular flexibility index (Phi) is 5.16. The number of fused-ring (bicyclic) bond motifs is 1. The first-order valence-corrected chi connectivity index (χ1v) is 8.21. The van der Waals surface area contributed by atoms with Crippen LogP contribution in [0.3, 0.4) is 0 Å². The first-order valence-electron chi connectivity index (χ1n) is 8.21. The zero-order chi connectivity index (χ0) is 20.3. The van der Waals surface area contributed by atoms with Gasteiger partial charge >= 0.3 is 0 Å². The van der Waals surface area contributed by atoms with Crippen molar-refractivity contribution in [2.75, 3.05) is 19.5 Å². The van der Waals surface area contributed by atoms with Gasteiger partial charge in [-0.05, 0) is 13.0 Å². The Labute approximate surface area is 160 Å². The Morgan fingerprint density at radius 2 is 2.07 bits per heavy atom. The van der Waals surface area contributed by atoms with Gasteiger partial charge in [0.2, 0.25) is 0 Å². The second-order valence-electron chi connectivity index (χ2n) is 5.87. The summed E-state index contributed by atoms with van der Waals surface area (Å²) < 4.78 is 1.49. The second kappa shape index (κ2) is 7.70. The molecule has 3 aromatic heterocycles. The van der Waals surface area contributed by atoms with Crippen molar-refractivity contribution in [3.05, 3.63) is 41.9 Å². The lowest BCUT2D eigenvalue weighted by Gasteiger charge is -2.18. The van der Waals surface area contributed by atoms with Crippen LogP contribution in [0.1, 0.15) is 22.8 Å². The van der Waals surface area contributed by atoms with E-state index in [4.69, 9.17) is 15.4 Å². The number of pyridine rings is 2. The molecule has 1 unspecified atom stereocenters. The molecule has 140 valence electrons. The van der Waals surface area contributed by atoms with Crippen LogP contribution in [0.4, 0.5) is 5.69 Å². The molecule has 3 heterocycles. The third-order valence-electron chi connectivity index (χ3n) is 4.00. The summed E-state index contributed by atoms with van der Waals surface area (Å²) in [5, 5.41) is 27.1. The van der Waals surface area contributed by atoms with Crippen molar-refractivity contribution in [3.8, 4) is 18.0 Å². The summed E-state index contributed by atoms with van der Waals surface area (Å²) in [5.74, 6) is -0.0206. The topological polar surface area (TPSA) is 133 Å². The number of nitrogens with one attached hydrogen (secondary N) is 1.